The SMILES string of the molecule is CCOC(=O)COc1ccc(/C=C2/SC(=O)N(CC(=O)N3CCOCC3)C2=O)cc1OCC. The lowest BCUT2D eigenvalue weighted by molar-refractivity contribution is -0.145. The third-order valence-corrected chi connectivity index (χ3v) is 5.65. The summed E-state index contributed by atoms with van der Waals surface area (Å²) in [6.45, 7) is 5.33. The molecule has 2 aliphatic rings. The fraction of sp³-hybridized carbons (Fsp3) is 0.455. The molecule has 0 aromatic heterocycles. The Morgan fingerprint density at radius 1 is 1.09 bits per heavy atom. The van der Waals surface area contributed by atoms with Gasteiger partial charge in [-0.15, -0.1) is 0 Å². The van der Waals surface area contributed by atoms with Crippen molar-refractivity contribution in [3.05, 3.63) is 28.7 Å². The zero-order chi connectivity index (χ0) is 23.8. The van der Waals surface area contributed by atoms with Crippen LogP contribution in [0, 0.1) is 0 Å². The van der Waals surface area contributed by atoms with Crippen molar-refractivity contribution in [3.63, 3.8) is 0 Å². The lowest BCUT2D eigenvalue weighted by atomic mass is 10.2. The van der Waals surface area contributed by atoms with Crippen molar-refractivity contribution in [1.29, 1.82) is 0 Å². The number of carbonyl (C=O) groups is 4. The molecule has 0 spiro atoms. The first kappa shape index (κ1) is 24.6. The van der Waals surface area contributed by atoms with Crippen molar-refractivity contribution in [2.75, 3.05) is 52.7 Å². The maximum Gasteiger partial charge on any atom is 0.344 e. The topological polar surface area (TPSA) is 112 Å². The van der Waals surface area contributed by atoms with Gasteiger partial charge in [-0.25, -0.2) is 4.79 Å². The molecule has 178 valence electrons. The van der Waals surface area contributed by atoms with E-state index in [9.17, 15) is 19.2 Å². The van der Waals surface area contributed by atoms with Crippen LogP contribution in [0.1, 0.15) is 19.4 Å². The van der Waals surface area contributed by atoms with Gasteiger partial charge < -0.3 is 23.8 Å². The highest BCUT2D eigenvalue weighted by Gasteiger charge is 2.37. The number of ether oxygens (including phenoxy) is 4. The normalized spacial score (nSPS) is 17.5. The predicted octanol–water partition coefficient (Wildman–Crippen LogP) is 1.92. The summed E-state index contributed by atoms with van der Waals surface area (Å²) in [7, 11) is 0. The van der Waals surface area contributed by atoms with E-state index in [-0.39, 0.29) is 30.6 Å². The van der Waals surface area contributed by atoms with E-state index in [0.29, 0.717) is 50.0 Å². The number of nitrogens with zero attached hydrogens (tertiary/aromatic N) is 2. The number of hydrogen-bond donors (Lipinski definition) is 0. The maximum absolute atomic E-state index is 12.8. The molecule has 0 unspecified atom stereocenters. The zero-order valence-corrected chi connectivity index (χ0v) is 19.4. The van der Waals surface area contributed by atoms with Gasteiger partial charge in [0.1, 0.15) is 6.54 Å². The molecule has 1 aromatic carbocycles. The highest BCUT2D eigenvalue weighted by atomic mass is 32.2. The van der Waals surface area contributed by atoms with E-state index in [1.165, 1.54) is 0 Å². The van der Waals surface area contributed by atoms with Gasteiger partial charge in [-0.3, -0.25) is 19.3 Å². The smallest absolute Gasteiger partial charge is 0.344 e. The summed E-state index contributed by atoms with van der Waals surface area (Å²) in [4.78, 5) is 51.9. The van der Waals surface area contributed by atoms with Crippen molar-refractivity contribution >= 4 is 40.9 Å². The van der Waals surface area contributed by atoms with Gasteiger partial charge in [-0.1, -0.05) is 6.07 Å². The lowest BCUT2D eigenvalue weighted by Crippen LogP contribution is -2.46. The summed E-state index contributed by atoms with van der Waals surface area (Å²) in [5.41, 5.74) is 0.604. The van der Waals surface area contributed by atoms with Crippen LogP contribution < -0.4 is 9.47 Å². The monoisotopic (exact) mass is 478 g/mol. The van der Waals surface area contributed by atoms with Crippen molar-refractivity contribution < 1.29 is 38.1 Å². The molecule has 0 N–H and O–H groups in total. The third kappa shape index (κ3) is 6.48. The van der Waals surface area contributed by atoms with E-state index in [1.54, 1.807) is 43.0 Å². The van der Waals surface area contributed by atoms with Gasteiger partial charge in [0.05, 0.1) is 31.3 Å². The Balaban J connectivity index is 1.70. The minimum Gasteiger partial charge on any atom is -0.490 e. The molecule has 0 saturated carbocycles. The quantitative estimate of drug-likeness (QED) is 0.388. The van der Waals surface area contributed by atoms with Crippen molar-refractivity contribution in [3.8, 4) is 11.5 Å². The first-order valence-corrected chi connectivity index (χ1v) is 11.4. The second kappa shape index (κ2) is 11.7. The van der Waals surface area contributed by atoms with Crippen LogP contribution in [0.2, 0.25) is 0 Å². The Hall–Kier alpha value is -3.05. The van der Waals surface area contributed by atoms with Crippen molar-refractivity contribution in [2.24, 2.45) is 0 Å². The zero-order valence-electron chi connectivity index (χ0n) is 18.5. The summed E-state index contributed by atoms with van der Waals surface area (Å²) >= 11 is 0.778. The standard InChI is InChI=1S/C22H26N2O8S/c1-3-30-17-11-15(5-6-16(17)32-14-20(26)31-4-2)12-18-21(27)24(22(28)33-18)13-19(25)23-7-9-29-10-8-23/h5-6,11-12H,3-4,7-10,13-14H2,1-2H3/b18-12+. The van der Waals surface area contributed by atoms with Gasteiger partial charge in [0.25, 0.3) is 11.1 Å². The van der Waals surface area contributed by atoms with Crippen LogP contribution in [0.3, 0.4) is 0 Å². The van der Waals surface area contributed by atoms with Gasteiger partial charge in [0.2, 0.25) is 5.91 Å². The molecule has 3 amide bonds. The molecule has 1 aromatic rings. The fourth-order valence-corrected chi connectivity index (χ4v) is 4.02. The molecule has 2 aliphatic heterocycles. The average molecular weight is 479 g/mol. The van der Waals surface area contributed by atoms with Gasteiger partial charge in [-0.05, 0) is 49.4 Å². The highest BCUT2D eigenvalue weighted by molar-refractivity contribution is 8.18. The van der Waals surface area contributed by atoms with Gasteiger partial charge in [-0.2, -0.15) is 0 Å². The maximum atomic E-state index is 12.8. The molecular weight excluding hydrogens is 452 g/mol. The molecule has 2 heterocycles. The number of benzene rings is 1. The summed E-state index contributed by atoms with van der Waals surface area (Å²) in [6, 6.07) is 4.94. The number of imide groups is 1. The first-order valence-electron chi connectivity index (χ1n) is 10.6. The van der Waals surface area contributed by atoms with E-state index in [2.05, 4.69) is 0 Å². The third-order valence-electron chi connectivity index (χ3n) is 4.75. The Labute approximate surface area is 195 Å². The van der Waals surface area contributed by atoms with Crippen LogP contribution in [-0.2, 0) is 23.9 Å². The summed E-state index contributed by atoms with van der Waals surface area (Å²) in [5, 5.41) is -0.493. The lowest BCUT2D eigenvalue weighted by Gasteiger charge is -2.28. The molecule has 10 nitrogen and oxygen atoms in total. The van der Waals surface area contributed by atoms with Gasteiger partial charge >= 0.3 is 5.97 Å². The molecule has 0 radical (unpaired) electrons. The van der Waals surface area contributed by atoms with Gasteiger partial charge in [0.15, 0.2) is 18.1 Å². The molecule has 3 rings (SSSR count). The number of esters is 1. The number of thioether (sulfide) groups is 1. The molecule has 33 heavy (non-hydrogen) atoms. The number of morpholine rings is 1. The summed E-state index contributed by atoms with van der Waals surface area (Å²) in [5.74, 6) is -0.566. The average Bonchev–Trinajstić information content (AvgIpc) is 3.06. The summed E-state index contributed by atoms with van der Waals surface area (Å²) < 4.78 is 21.1. The number of carbonyl (C=O) groups excluding carboxylic acids is 4. The molecular formula is C22H26N2O8S. The minimum absolute atomic E-state index is 0.206. The van der Waals surface area contributed by atoms with E-state index in [1.807, 2.05) is 0 Å². The molecule has 2 fully saturated rings. The summed E-state index contributed by atoms with van der Waals surface area (Å²) in [6.07, 6.45) is 1.56. The van der Waals surface area contributed by atoms with Crippen molar-refractivity contribution in [1.82, 2.24) is 9.80 Å². The molecule has 11 heteroatoms. The Morgan fingerprint density at radius 3 is 2.55 bits per heavy atom. The molecule has 2 saturated heterocycles. The number of rotatable bonds is 9. The van der Waals surface area contributed by atoms with E-state index < -0.39 is 17.1 Å². The number of hydrogen-bond acceptors (Lipinski definition) is 9. The molecule has 0 aliphatic carbocycles. The van der Waals surface area contributed by atoms with Crippen LogP contribution >= 0.6 is 11.8 Å². The van der Waals surface area contributed by atoms with Crippen LogP contribution in [-0.4, -0.2) is 85.5 Å². The predicted molar refractivity (Wildman–Crippen MR) is 120 cm³/mol. The highest BCUT2D eigenvalue weighted by Crippen LogP contribution is 2.34. The second-order valence-corrected chi connectivity index (χ2v) is 7.99. The van der Waals surface area contributed by atoms with E-state index >= 15 is 0 Å². The van der Waals surface area contributed by atoms with E-state index in [0.717, 1.165) is 16.7 Å². The van der Waals surface area contributed by atoms with Crippen LogP contribution in [0.15, 0.2) is 23.1 Å². The molecule has 0 atom stereocenters. The largest absolute Gasteiger partial charge is 0.490 e. The fourth-order valence-electron chi connectivity index (χ4n) is 3.18. The van der Waals surface area contributed by atoms with Crippen LogP contribution in [0.25, 0.3) is 6.08 Å². The number of amides is 3. The minimum atomic E-state index is -0.521. The van der Waals surface area contributed by atoms with Gasteiger partial charge in [0, 0.05) is 13.1 Å². The Morgan fingerprint density at radius 2 is 1.85 bits per heavy atom. The second-order valence-electron chi connectivity index (χ2n) is 6.99. The Bertz CT molecular complexity index is 942. The van der Waals surface area contributed by atoms with Crippen molar-refractivity contribution in [2.45, 2.75) is 13.8 Å². The Kier molecular flexibility index (Phi) is 8.72. The molecule has 0 bridgehead atoms. The van der Waals surface area contributed by atoms with E-state index in [4.69, 9.17) is 18.9 Å². The first-order chi connectivity index (χ1) is 15.9. The van der Waals surface area contributed by atoms with Crippen LogP contribution in [0.4, 0.5) is 4.79 Å². The van der Waals surface area contributed by atoms with Crippen LogP contribution in [0.5, 0.6) is 11.5 Å².